The molecule has 0 saturated carbocycles. The lowest BCUT2D eigenvalue weighted by molar-refractivity contribution is 1.07. The molecule has 5 heteroatoms. The van der Waals surface area contributed by atoms with E-state index in [0.29, 0.717) is 23.0 Å². The first-order valence-corrected chi connectivity index (χ1v) is 16.8. The van der Waals surface area contributed by atoms with Crippen molar-refractivity contribution >= 4 is 21.8 Å². The maximum Gasteiger partial charge on any atom is 0.164 e. The topological polar surface area (TPSA) is 67.4 Å². The van der Waals surface area contributed by atoms with E-state index in [2.05, 4.69) is 102 Å². The van der Waals surface area contributed by atoms with E-state index in [1.165, 1.54) is 10.8 Å². The van der Waals surface area contributed by atoms with Gasteiger partial charge < -0.3 is 4.57 Å². The van der Waals surface area contributed by atoms with Crippen molar-refractivity contribution in [1.29, 1.82) is 5.26 Å². The molecule has 7 aromatic carbocycles. The molecule has 2 aromatic heterocycles. The van der Waals surface area contributed by atoms with Crippen LogP contribution in [-0.4, -0.2) is 19.5 Å². The lowest BCUT2D eigenvalue weighted by Crippen LogP contribution is -2.02. The van der Waals surface area contributed by atoms with E-state index >= 15 is 0 Å². The zero-order valence-electron chi connectivity index (χ0n) is 27.5. The van der Waals surface area contributed by atoms with E-state index in [9.17, 15) is 5.26 Å². The summed E-state index contributed by atoms with van der Waals surface area (Å²) in [6.45, 7) is 0. The summed E-state index contributed by atoms with van der Waals surface area (Å²) in [6.07, 6.45) is 0. The van der Waals surface area contributed by atoms with E-state index in [-0.39, 0.29) is 0 Å². The Kier molecular flexibility index (Phi) is 7.46. The molecule has 0 atom stereocenters. The van der Waals surface area contributed by atoms with Gasteiger partial charge in [0.15, 0.2) is 17.5 Å². The predicted octanol–water partition coefficient (Wildman–Crippen LogP) is 11.2. The summed E-state index contributed by atoms with van der Waals surface area (Å²) in [6, 6.07) is 62.2. The van der Waals surface area contributed by atoms with Crippen LogP contribution in [0.25, 0.3) is 83.9 Å². The van der Waals surface area contributed by atoms with Crippen molar-refractivity contribution in [3.8, 4) is 68.2 Å². The van der Waals surface area contributed by atoms with Crippen LogP contribution in [0, 0.1) is 11.3 Å². The maximum absolute atomic E-state index is 9.68. The van der Waals surface area contributed by atoms with E-state index in [1.54, 1.807) is 0 Å². The second-order valence-corrected chi connectivity index (χ2v) is 12.4. The SMILES string of the molecule is N#Cc1ccccc1-c1ccc(-c2nc(-c3ccccc3)nc(-c3ccc(-c4ccccc4)c(-n4c5ccccc5c5ccccc54)c3)n2)cc1. The zero-order valence-corrected chi connectivity index (χ0v) is 27.5. The molecule has 0 fully saturated rings. The van der Waals surface area contributed by atoms with Gasteiger partial charge in [-0.3, -0.25) is 0 Å². The van der Waals surface area contributed by atoms with E-state index in [1.807, 2.05) is 84.9 Å². The molecule has 51 heavy (non-hydrogen) atoms. The Hall–Kier alpha value is -7.16. The molecule has 0 N–H and O–H groups in total. The third-order valence-electron chi connectivity index (χ3n) is 9.33. The average molecular weight is 652 g/mol. The largest absolute Gasteiger partial charge is 0.309 e. The summed E-state index contributed by atoms with van der Waals surface area (Å²) >= 11 is 0. The smallest absolute Gasteiger partial charge is 0.164 e. The zero-order chi connectivity index (χ0) is 34.1. The highest BCUT2D eigenvalue weighted by atomic mass is 15.0. The van der Waals surface area contributed by atoms with Crippen LogP contribution in [0.15, 0.2) is 176 Å². The number of hydrogen-bond acceptors (Lipinski definition) is 4. The van der Waals surface area contributed by atoms with Crippen LogP contribution in [0.3, 0.4) is 0 Å². The summed E-state index contributed by atoms with van der Waals surface area (Å²) in [7, 11) is 0. The van der Waals surface area contributed by atoms with Gasteiger partial charge in [0.1, 0.15) is 0 Å². The lowest BCUT2D eigenvalue weighted by atomic mass is 9.99. The second-order valence-electron chi connectivity index (χ2n) is 12.4. The minimum Gasteiger partial charge on any atom is -0.309 e. The van der Waals surface area contributed by atoms with Crippen LogP contribution in [-0.2, 0) is 0 Å². The number of fused-ring (bicyclic) bond motifs is 3. The highest BCUT2D eigenvalue weighted by molar-refractivity contribution is 6.09. The summed E-state index contributed by atoms with van der Waals surface area (Å²) in [5.74, 6) is 1.75. The number of benzene rings is 7. The van der Waals surface area contributed by atoms with Crippen molar-refractivity contribution in [2.75, 3.05) is 0 Å². The Morgan fingerprint density at radius 1 is 0.392 bits per heavy atom. The monoisotopic (exact) mass is 651 g/mol. The summed E-state index contributed by atoms with van der Waals surface area (Å²) in [5, 5.41) is 12.1. The highest BCUT2D eigenvalue weighted by Gasteiger charge is 2.19. The van der Waals surface area contributed by atoms with Gasteiger partial charge in [-0.05, 0) is 41.0 Å². The summed E-state index contributed by atoms with van der Waals surface area (Å²) in [5.41, 5.74) is 10.7. The third-order valence-corrected chi connectivity index (χ3v) is 9.33. The molecular weight excluding hydrogens is 623 g/mol. The molecule has 5 nitrogen and oxygen atoms in total. The van der Waals surface area contributed by atoms with Crippen LogP contribution >= 0.6 is 0 Å². The number of aromatic nitrogens is 4. The van der Waals surface area contributed by atoms with E-state index in [4.69, 9.17) is 15.0 Å². The standard InChI is InChI=1S/C46H29N5/c47-30-36-17-7-8-18-37(36)32-23-25-34(26-24-32)45-48-44(33-15-5-2-6-16-33)49-46(50-45)35-27-28-38(31-13-3-1-4-14-31)43(29-35)51-41-21-11-9-19-39(41)40-20-10-12-22-42(40)51/h1-29H. The van der Waals surface area contributed by atoms with Gasteiger partial charge in [-0.1, -0.05) is 152 Å². The Balaban J connectivity index is 1.25. The number of rotatable bonds is 6. The molecule has 0 aliphatic rings. The highest BCUT2D eigenvalue weighted by Crippen LogP contribution is 2.38. The van der Waals surface area contributed by atoms with Crippen molar-refractivity contribution in [1.82, 2.24) is 19.5 Å². The van der Waals surface area contributed by atoms with Crippen molar-refractivity contribution in [3.63, 3.8) is 0 Å². The van der Waals surface area contributed by atoms with Crippen molar-refractivity contribution in [2.24, 2.45) is 0 Å². The third kappa shape index (κ3) is 5.42. The first-order chi connectivity index (χ1) is 25.2. The van der Waals surface area contributed by atoms with Crippen LogP contribution in [0.1, 0.15) is 5.56 Å². The van der Waals surface area contributed by atoms with E-state index < -0.39 is 0 Å². The van der Waals surface area contributed by atoms with Gasteiger partial charge in [0, 0.05) is 33.0 Å². The number of para-hydroxylation sites is 2. The van der Waals surface area contributed by atoms with Gasteiger partial charge in [0.05, 0.1) is 28.4 Å². The minimum atomic E-state index is 0.574. The Morgan fingerprint density at radius 2 is 0.843 bits per heavy atom. The molecule has 0 aliphatic heterocycles. The lowest BCUT2D eigenvalue weighted by Gasteiger charge is -2.16. The quantitative estimate of drug-likeness (QED) is 0.179. The molecule has 0 bridgehead atoms. The Morgan fingerprint density at radius 3 is 1.47 bits per heavy atom. The molecule has 9 aromatic rings. The normalized spacial score (nSPS) is 11.1. The van der Waals surface area contributed by atoms with E-state index in [0.717, 1.165) is 55.7 Å². The molecule has 0 saturated heterocycles. The van der Waals surface area contributed by atoms with Gasteiger partial charge in [0.25, 0.3) is 0 Å². The summed E-state index contributed by atoms with van der Waals surface area (Å²) < 4.78 is 2.36. The number of nitrogens with zero attached hydrogens (tertiary/aromatic N) is 5. The van der Waals surface area contributed by atoms with Crippen LogP contribution in [0.5, 0.6) is 0 Å². The Labute approximate surface area is 295 Å². The maximum atomic E-state index is 9.68. The van der Waals surface area contributed by atoms with Crippen LogP contribution in [0.4, 0.5) is 0 Å². The number of nitriles is 1. The fourth-order valence-electron chi connectivity index (χ4n) is 6.88. The fourth-order valence-corrected chi connectivity index (χ4v) is 6.88. The molecule has 2 heterocycles. The molecule has 0 spiro atoms. The molecular formula is C46H29N5. The first-order valence-electron chi connectivity index (χ1n) is 16.8. The Bertz CT molecular complexity index is 2690. The first kappa shape index (κ1) is 29.9. The molecule has 0 radical (unpaired) electrons. The van der Waals surface area contributed by atoms with Crippen LogP contribution in [0.2, 0.25) is 0 Å². The van der Waals surface area contributed by atoms with Gasteiger partial charge in [-0.2, -0.15) is 5.26 Å². The predicted molar refractivity (Wildman–Crippen MR) is 206 cm³/mol. The average Bonchev–Trinajstić information content (AvgIpc) is 3.55. The molecule has 9 rings (SSSR count). The molecule has 0 aliphatic carbocycles. The fraction of sp³-hybridized carbons (Fsp3) is 0. The van der Waals surface area contributed by atoms with Crippen LogP contribution < -0.4 is 0 Å². The number of hydrogen-bond donors (Lipinski definition) is 0. The summed E-state index contributed by atoms with van der Waals surface area (Å²) in [4.78, 5) is 15.1. The van der Waals surface area contributed by atoms with Gasteiger partial charge in [-0.25, -0.2) is 15.0 Å². The second kappa shape index (κ2) is 12.7. The molecule has 0 unspecified atom stereocenters. The van der Waals surface area contributed by atoms with Crippen molar-refractivity contribution < 1.29 is 0 Å². The van der Waals surface area contributed by atoms with Gasteiger partial charge in [0.2, 0.25) is 0 Å². The van der Waals surface area contributed by atoms with Gasteiger partial charge >= 0.3 is 0 Å². The molecule has 0 amide bonds. The van der Waals surface area contributed by atoms with Crippen molar-refractivity contribution in [3.05, 3.63) is 181 Å². The molecule has 238 valence electrons. The minimum absolute atomic E-state index is 0.574. The van der Waals surface area contributed by atoms with Gasteiger partial charge in [-0.15, -0.1) is 0 Å². The van der Waals surface area contributed by atoms with Crippen molar-refractivity contribution in [2.45, 2.75) is 0 Å².